The van der Waals surface area contributed by atoms with Crippen LogP contribution in [0.25, 0.3) is 0 Å². The summed E-state index contributed by atoms with van der Waals surface area (Å²) in [5, 5.41) is 5.94. The van der Waals surface area contributed by atoms with Crippen molar-refractivity contribution in [2.45, 2.75) is 6.61 Å². The van der Waals surface area contributed by atoms with Gasteiger partial charge in [0, 0.05) is 17.8 Å². The average Bonchev–Trinajstić information content (AvgIpc) is 2.77. The molecule has 0 radical (unpaired) electrons. The molecule has 0 atom stereocenters. The molecule has 0 fully saturated rings. The van der Waals surface area contributed by atoms with Gasteiger partial charge in [-0.25, -0.2) is 0 Å². The highest BCUT2D eigenvalue weighted by atomic mass is 16.5. The molecule has 0 saturated carbocycles. The highest BCUT2D eigenvalue weighted by Gasteiger charge is 2.08. The maximum Gasteiger partial charge on any atom is 0.243 e. The molecule has 150 valence electrons. The van der Waals surface area contributed by atoms with Gasteiger partial charge in [0.15, 0.2) is 0 Å². The van der Waals surface area contributed by atoms with E-state index in [1.54, 1.807) is 38.5 Å². The fraction of sp³-hybridized carbons (Fsp3) is 0.174. The van der Waals surface area contributed by atoms with Gasteiger partial charge in [0.25, 0.3) is 0 Å². The summed E-state index contributed by atoms with van der Waals surface area (Å²) in [7, 11) is 3.17. The fourth-order valence-corrected chi connectivity index (χ4v) is 2.74. The van der Waals surface area contributed by atoms with Crippen molar-refractivity contribution < 1.29 is 19.0 Å². The molecule has 0 unspecified atom stereocenters. The number of amides is 1. The van der Waals surface area contributed by atoms with E-state index in [-0.39, 0.29) is 12.5 Å². The summed E-state index contributed by atoms with van der Waals surface area (Å²) in [6.07, 6.45) is 0. The topological polar surface area (TPSA) is 68.8 Å². The van der Waals surface area contributed by atoms with Gasteiger partial charge >= 0.3 is 0 Å². The summed E-state index contributed by atoms with van der Waals surface area (Å²) >= 11 is 0. The van der Waals surface area contributed by atoms with Gasteiger partial charge in [-0.1, -0.05) is 36.4 Å². The molecule has 3 rings (SSSR count). The maximum absolute atomic E-state index is 12.3. The lowest BCUT2D eigenvalue weighted by atomic mass is 10.2. The van der Waals surface area contributed by atoms with Crippen LogP contribution in [0.5, 0.6) is 17.2 Å². The second kappa shape index (κ2) is 10.0. The molecular formula is C23H24N2O4. The van der Waals surface area contributed by atoms with Gasteiger partial charge in [-0.05, 0) is 29.8 Å². The molecule has 3 aromatic carbocycles. The molecular weight excluding hydrogens is 368 g/mol. The summed E-state index contributed by atoms with van der Waals surface area (Å²) < 4.78 is 16.3. The largest absolute Gasteiger partial charge is 0.497 e. The number of carbonyl (C=O) groups excluding carboxylic acids is 1. The van der Waals surface area contributed by atoms with Crippen LogP contribution >= 0.6 is 0 Å². The molecule has 0 aliphatic carbocycles. The number of anilines is 2. The molecule has 0 aliphatic rings. The molecule has 1 amide bonds. The van der Waals surface area contributed by atoms with E-state index >= 15 is 0 Å². The summed E-state index contributed by atoms with van der Waals surface area (Å²) in [5.74, 6) is 1.82. The van der Waals surface area contributed by atoms with E-state index in [9.17, 15) is 4.79 Å². The molecule has 6 heteroatoms. The SMILES string of the molecule is COc1ccc(OC)c(NCC(=O)Nc2cccc(OCc3ccccc3)c2)c1. The zero-order chi connectivity index (χ0) is 20.5. The Morgan fingerprint density at radius 3 is 2.45 bits per heavy atom. The quantitative estimate of drug-likeness (QED) is 0.567. The predicted molar refractivity (Wildman–Crippen MR) is 114 cm³/mol. The van der Waals surface area contributed by atoms with Crippen LogP contribution in [0.4, 0.5) is 11.4 Å². The average molecular weight is 392 g/mol. The van der Waals surface area contributed by atoms with Gasteiger partial charge in [-0.2, -0.15) is 0 Å². The van der Waals surface area contributed by atoms with Crippen LogP contribution in [0.3, 0.4) is 0 Å². The minimum Gasteiger partial charge on any atom is -0.497 e. The third kappa shape index (κ3) is 5.90. The zero-order valence-corrected chi connectivity index (χ0v) is 16.5. The van der Waals surface area contributed by atoms with E-state index in [0.29, 0.717) is 35.2 Å². The van der Waals surface area contributed by atoms with Crippen LogP contribution in [0.15, 0.2) is 72.8 Å². The number of ether oxygens (including phenoxy) is 3. The highest BCUT2D eigenvalue weighted by molar-refractivity contribution is 5.94. The van der Waals surface area contributed by atoms with Crippen molar-refractivity contribution in [3.8, 4) is 17.2 Å². The number of carbonyl (C=O) groups is 1. The Morgan fingerprint density at radius 2 is 1.69 bits per heavy atom. The van der Waals surface area contributed by atoms with E-state index < -0.39 is 0 Å². The Kier molecular flexibility index (Phi) is 6.95. The molecule has 29 heavy (non-hydrogen) atoms. The van der Waals surface area contributed by atoms with Crippen LogP contribution < -0.4 is 24.8 Å². The van der Waals surface area contributed by atoms with E-state index in [0.717, 1.165) is 5.56 Å². The van der Waals surface area contributed by atoms with Crippen molar-refractivity contribution in [2.75, 3.05) is 31.4 Å². The Bertz CT molecular complexity index is 945. The second-order valence-corrected chi connectivity index (χ2v) is 6.27. The first kappa shape index (κ1) is 20.1. The third-order valence-electron chi connectivity index (χ3n) is 4.21. The number of hydrogen-bond acceptors (Lipinski definition) is 5. The number of methoxy groups -OCH3 is 2. The fourth-order valence-electron chi connectivity index (χ4n) is 2.74. The first-order valence-corrected chi connectivity index (χ1v) is 9.20. The van der Waals surface area contributed by atoms with Gasteiger partial charge in [0.1, 0.15) is 23.9 Å². The lowest BCUT2D eigenvalue weighted by Gasteiger charge is -2.13. The van der Waals surface area contributed by atoms with Crippen molar-refractivity contribution in [3.05, 3.63) is 78.4 Å². The highest BCUT2D eigenvalue weighted by Crippen LogP contribution is 2.28. The molecule has 2 N–H and O–H groups in total. The van der Waals surface area contributed by atoms with E-state index in [4.69, 9.17) is 14.2 Å². The monoisotopic (exact) mass is 392 g/mol. The van der Waals surface area contributed by atoms with Crippen molar-refractivity contribution in [1.29, 1.82) is 0 Å². The lowest BCUT2D eigenvalue weighted by molar-refractivity contribution is -0.114. The van der Waals surface area contributed by atoms with Crippen molar-refractivity contribution in [1.82, 2.24) is 0 Å². The smallest absolute Gasteiger partial charge is 0.243 e. The first-order valence-electron chi connectivity index (χ1n) is 9.20. The standard InChI is InChI=1S/C23H24N2O4/c1-27-19-11-12-22(28-2)21(14-19)24-15-23(26)25-18-9-6-10-20(13-18)29-16-17-7-4-3-5-8-17/h3-14,24H,15-16H2,1-2H3,(H,25,26). The Balaban J connectivity index is 1.55. The molecule has 6 nitrogen and oxygen atoms in total. The molecule has 0 bridgehead atoms. The number of rotatable bonds is 9. The zero-order valence-electron chi connectivity index (χ0n) is 16.5. The van der Waals surface area contributed by atoms with Crippen molar-refractivity contribution in [2.24, 2.45) is 0 Å². The molecule has 3 aromatic rings. The van der Waals surface area contributed by atoms with E-state index in [2.05, 4.69) is 10.6 Å². The lowest BCUT2D eigenvalue weighted by Crippen LogP contribution is -2.22. The molecule has 0 heterocycles. The van der Waals surface area contributed by atoms with Crippen LogP contribution in [0.1, 0.15) is 5.56 Å². The second-order valence-electron chi connectivity index (χ2n) is 6.27. The van der Waals surface area contributed by atoms with Gasteiger partial charge < -0.3 is 24.8 Å². The van der Waals surface area contributed by atoms with E-state index in [1.165, 1.54) is 0 Å². The van der Waals surface area contributed by atoms with Gasteiger partial charge in [-0.15, -0.1) is 0 Å². The Morgan fingerprint density at radius 1 is 0.862 bits per heavy atom. The predicted octanol–water partition coefficient (Wildman–Crippen LogP) is 4.33. The summed E-state index contributed by atoms with van der Waals surface area (Å²) in [6, 6.07) is 22.6. The van der Waals surface area contributed by atoms with Gasteiger partial charge in [-0.3, -0.25) is 4.79 Å². The normalized spacial score (nSPS) is 10.1. The van der Waals surface area contributed by atoms with Gasteiger partial charge in [0.2, 0.25) is 5.91 Å². The van der Waals surface area contributed by atoms with Crippen molar-refractivity contribution in [3.63, 3.8) is 0 Å². The molecule has 0 spiro atoms. The minimum absolute atomic E-state index is 0.0820. The summed E-state index contributed by atoms with van der Waals surface area (Å²) in [6.45, 7) is 0.550. The Hall–Kier alpha value is -3.67. The van der Waals surface area contributed by atoms with E-state index in [1.807, 2.05) is 48.5 Å². The maximum atomic E-state index is 12.3. The summed E-state index contributed by atoms with van der Waals surface area (Å²) in [4.78, 5) is 12.3. The Labute approximate surface area is 170 Å². The van der Waals surface area contributed by atoms with Crippen LogP contribution in [0.2, 0.25) is 0 Å². The first-order chi connectivity index (χ1) is 14.2. The molecule has 0 saturated heterocycles. The number of benzene rings is 3. The summed E-state index contributed by atoms with van der Waals surface area (Å²) in [5.41, 5.74) is 2.43. The van der Waals surface area contributed by atoms with Crippen LogP contribution in [-0.2, 0) is 11.4 Å². The molecule has 0 aromatic heterocycles. The number of hydrogen-bond donors (Lipinski definition) is 2. The van der Waals surface area contributed by atoms with Crippen LogP contribution in [0, 0.1) is 0 Å². The van der Waals surface area contributed by atoms with Gasteiger partial charge in [0.05, 0.1) is 26.5 Å². The molecule has 0 aliphatic heterocycles. The van der Waals surface area contributed by atoms with Crippen molar-refractivity contribution >= 4 is 17.3 Å². The number of nitrogens with one attached hydrogen (secondary N) is 2. The van der Waals surface area contributed by atoms with Crippen LogP contribution in [-0.4, -0.2) is 26.7 Å². The minimum atomic E-state index is -0.185. The third-order valence-corrected chi connectivity index (χ3v) is 4.21.